The molecule has 0 saturated heterocycles. The topological polar surface area (TPSA) is 25.8 Å². The summed E-state index contributed by atoms with van der Waals surface area (Å²) in [6, 6.07) is 57.6. The third-order valence-electron chi connectivity index (χ3n) is 11.7. The average molecular weight is 675 g/mol. The minimum atomic E-state index is -0.151. The Hall–Kier alpha value is -6.64. The molecule has 0 fully saturated rings. The summed E-state index contributed by atoms with van der Waals surface area (Å²) in [5, 5.41) is 9.71. The lowest BCUT2D eigenvalue weighted by atomic mass is 9.78. The molecule has 0 radical (unpaired) electrons. The first kappa shape index (κ1) is 30.0. The molecule has 0 aliphatic heterocycles. The highest BCUT2D eigenvalue weighted by molar-refractivity contribution is 6.24. The van der Waals surface area contributed by atoms with Crippen LogP contribution in [0.1, 0.15) is 25.0 Å². The molecule has 248 valence electrons. The normalized spacial score (nSPS) is 13.2. The lowest BCUT2D eigenvalue weighted by molar-refractivity contribution is 0.663. The zero-order chi connectivity index (χ0) is 35.3. The largest absolute Gasteiger partial charge is 0.254 e. The Morgan fingerprint density at radius 2 is 1.04 bits per heavy atom. The van der Waals surface area contributed by atoms with Crippen LogP contribution < -0.4 is 0 Å². The zero-order valence-electron chi connectivity index (χ0n) is 29.6. The molecule has 2 nitrogen and oxygen atoms in total. The molecule has 11 rings (SSSR count). The summed E-state index contributed by atoms with van der Waals surface area (Å²) in [7, 11) is 0. The highest BCUT2D eigenvalue weighted by Gasteiger charge is 2.38. The molecule has 2 heteroatoms. The van der Waals surface area contributed by atoms with Crippen LogP contribution in [-0.4, -0.2) is 9.97 Å². The second-order valence-electron chi connectivity index (χ2n) is 14.9. The summed E-state index contributed by atoms with van der Waals surface area (Å²) in [5.74, 6) is 0. The molecular formula is C51H34N2. The van der Waals surface area contributed by atoms with Crippen LogP contribution in [0.4, 0.5) is 0 Å². The van der Waals surface area contributed by atoms with Crippen LogP contribution in [0.25, 0.3) is 98.6 Å². The molecule has 0 atom stereocenters. The number of pyridine rings is 2. The van der Waals surface area contributed by atoms with E-state index < -0.39 is 0 Å². The zero-order valence-corrected chi connectivity index (χ0v) is 29.6. The van der Waals surface area contributed by atoms with E-state index in [0.717, 1.165) is 27.4 Å². The van der Waals surface area contributed by atoms with Gasteiger partial charge in [-0.1, -0.05) is 147 Å². The first-order valence-electron chi connectivity index (χ1n) is 18.4. The smallest absolute Gasteiger partial charge is 0.0970 e. The van der Waals surface area contributed by atoms with Gasteiger partial charge in [-0.25, -0.2) is 0 Å². The van der Waals surface area contributed by atoms with Gasteiger partial charge in [0.2, 0.25) is 0 Å². The van der Waals surface area contributed by atoms with E-state index in [9.17, 15) is 0 Å². The first-order valence-corrected chi connectivity index (χ1v) is 18.4. The number of nitrogens with zero attached hydrogens (tertiary/aromatic N) is 2. The van der Waals surface area contributed by atoms with E-state index in [1.807, 2.05) is 6.20 Å². The Morgan fingerprint density at radius 3 is 1.77 bits per heavy atom. The Labute approximate surface area is 308 Å². The highest BCUT2D eigenvalue weighted by atomic mass is 14.7. The molecule has 2 heterocycles. The van der Waals surface area contributed by atoms with Gasteiger partial charge >= 0.3 is 0 Å². The monoisotopic (exact) mass is 674 g/mol. The van der Waals surface area contributed by atoms with Crippen LogP contribution in [0.2, 0.25) is 0 Å². The van der Waals surface area contributed by atoms with Gasteiger partial charge in [-0.3, -0.25) is 9.97 Å². The molecule has 2 aromatic heterocycles. The van der Waals surface area contributed by atoms with Crippen LogP contribution in [0, 0.1) is 0 Å². The second kappa shape index (κ2) is 11.2. The van der Waals surface area contributed by atoms with Gasteiger partial charge in [0.05, 0.1) is 11.0 Å². The highest BCUT2D eigenvalue weighted by Crippen LogP contribution is 2.53. The van der Waals surface area contributed by atoms with Gasteiger partial charge in [-0.2, -0.15) is 0 Å². The Kier molecular flexibility index (Phi) is 6.33. The number of aromatic nitrogens is 2. The summed E-state index contributed by atoms with van der Waals surface area (Å²) >= 11 is 0. The summed E-state index contributed by atoms with van der Waals surface area (Å²) < 4.78 is 0. The lowest BCUT2D eigenvalue weighted by Crippen LogP contribution is -2.16. The van der Waals surface area contributed by atoms with E-state index in [-0.39, 0.29) is 5.41 Å². The standard InChI is InChI=1S/C51H34N2/c1-51(2)45-29-33-16-7-6-15-32(33)28-44(45)42-22-12-21-36(48(42)51)35-27-34-23-24-43-41(25-26-52-50(43)49(34)53-30-35)47-39-19-10-8-17-37(39)46(31-13-4-3-5-14-31)38-18-9-11-20-40(38)47/h3-30H,1-2H3. The maximum atomic E-state index is 5.20. The molecule has 0 spiro atoms. The van der Waals surface area contributed by atoms with Gasteiger partial charge in [0, 0.05) is 34.1 Å². The van der Waals surface area contributed by atoms with Crippen LogP contribution in [-0.2, 0) is 5.41 Å². The first-order chi connectivity index (χ1) is 26.1. The predicted molar refractivity (Wildman–Crippen MR) is 223 cm³/mol. The summed E-state index contributed by atoms with van der Waals surface area (Å²) in [6.45, 7) is 4.73. The van der Waals surface area contributed by atoms with Crippen molar-refractivity contribution >= 4 is 54.1 Å². The van der Waals surface area contributed by atoms with E-state index in [1.165, 1.54) is 82.4 Å². The van der Waals surface area contributed by atoms with Gasteiger partial charge < -0.3 is 0 Å². The molecule has 0 bridgehead atoms. The van der Waals surface area contributed by atoms with Crippen LogP contribution >= 0.6 is 0 Å². The third kappa shape index (κ3) is 4.33. The van der Waals surface area contributed by atoms with Crippen molar-refractivity contribution in [2.24, 2.45) is 0 Å². The van der Waals surface area contributed by atoms with Crippen molar-refractivity contribution in [2.45, 2.75) is 19.3 Å². The molecule has 1 aliphatic rings. The van der Waals surface area contributed by atoms with Crippen molar-refractivity contribution in [3.63, 3.8) is 0 Å². The van der Waals surface area contributed by atoms with Gasteiger partial charge in [0.1, 0.15) is 0 Å². The molecule has 0 N–H and O–H groups in total. The Balaban J connectivity index is 1.10. The van der Waals surface area contributed by atoms with E-state index in [4.69, 9.17) is 9.97 Å². The second-order valence-corrected chi connectivity index (χ2v) is 14.9. The molecule has 0 saturated carbocycles. The average Bonchev–Trinajstić information content (AvgIpc) is 3.44. The van der Waals surface area contributed by atoms with Crippen molar-refractivity contribution in [3.05, 3.63) is 181 Å². The number of hydrogen-bond donors (Lipinski definition) is 0. The van der Waals surface area contributed by atoms with Gasteiger partial charge in [0.15, 0.2) is 0 Å². The van der Waals surface area contributed by atoms with Gasteiger partial charge in [-0.05, 0) is 107 Å². The van der Waals surface area contributed by atoms with Crippen LogP contribution in [0.15, 0.2) is 170 Å². The van der Waals surface area contributed by atoms with Gasteiger partial charge in [-0.15, -0.1) is 0 Å². The molecule has 0 unspecified atom stereocenters. The quantitative estimate of drug-likeness (QED) is 0.138. The minimum Gasteiger partial charge on any atom is -0.254 e. The Bertz CT molecular complexity index is 3080. The van der Waals surface area contributed by atoms with Crippen LogP contribution in [0.5, 0.6) is 0 Å². The third-order valence-corrected chi connectivity index (χ3v) is 11.7. The summed E-state index contributed by atoms with van der Waals surface area (Å²) in [6.07, 6.45) is 4.01. The van der Waals surface area contributed by atoms with Gasteiger partial charge in [0.25, 0.3) is 0 Å². The Morgan fingerprint density at radius 1 is 0.396 bits per heavy atom. The SMILES string of the molecule is CC1(C)c2cc3ccccc3cc2-c2cccc(-c3cnc4c(ccc5c(-c6c7ccccc7c(-c7ccccc7)c7ccccc67)ccnc54)c3)c21. The van der Waals surface area contributed by atoms with Crippen molar-refractivity contribution in [1.82, 2.24) is 9.97 Å². The fourth-order valence-electron chi connectivity index (χ4n) is 9.32. The fourth-order valence-corrected chi connectivity index (χ4v) is 9.32. The number of benzene rings is 8. The molecule has 10 aromatic rings. The van der Waals surface area contributed by atoms with Crippen molar-refractivity contribution in [2.75, 3.05) is 0 Å². The molecular weight excluding hydrogens is 641 g/mol. The van der Waals surface area contributed by atoms with E-state index >= 15 is 0 Å². The lowest BCUT2D eigenvalue weighted by Gasteiger charge is -2.25. The maximum Gasteiger partial charge on any atom is 0.0970 e. The molecule has 8 aromatic carbocycles. The number of fused-ring (bicyclic) bond motifs is 9. The summed E-state index contributed by atoms with van der Waals surface area (Å²) in [4.78, 5) is 10.2. The van der Waals surface area contributed by atoms with Crippen molar-refractivity contribution < 1.29 is 0 Å². The van der Waals surface area contributed by atoms with E-state index in [2.05, 4.69) is 178 Å². The predicted octanol–water partition coefficient (Wildman–Crippen LogP) is 13.5. The van der Waals surface area contributed by atoms with Crippen LogP contribution in [0.3, 0.4) is 0 Å². The minimum absolute atomic E-state index is 0.151. The molecule has 1 aliphatic carbocycles. The van der Waals surface area contributed by atoms with Crippen molar-refractivity contribution in [1.29, 1.82) is 0 Å². The van der Waals surface area contributed by atoms with E-state index in [1.54, 1.807) is 0 Å². The summed E-state index contributed by atoms with van der Waals surface area (Å²) in [5.41, 5.74) is 14.3. The van der Waals surface area contributed by atoms with Crippen molar-refractivity contribution in [3.8, 4) is 44.5 Å². The fraction of sp³-hybridized carbons (Fsp3) is 0.0588. The molecule has 53 heavy (non-hydrogen) atoms. The molecule has 0 amide bonds. The van der Waals surface area contributed by atoms with E-state index in [0.29, 0.717) is 0 Å². The number of hydrogen-bond acceptors (Lipinski definition) is 2. The number of rotatable bonds is 3. The maximum absolute atomic E-state index is 5.20.